The zero-order chi connectivity index (χ0) is 16.7. The summed E-state index contributed by atoms with van der Waals surface area (Å²) in [5, 5.41) is 2.75. The van der Waals surface area contributed by atoms with E-state index in [0.29, 0.717) is 24.3 Å². The normalized spacial score (nSPS) is 22.2. The minimum Gasteiger partial charge on any atom is -0.493 e. The molecule has 0 bridgehead atoms. The quantitative estimate of drug-likeness (QED) is 0.685. The highest BCUT2D eigenvalue weighted by Crippen LogP contribution is 2.40. The zero-order valence-corrected chi connectivity index (χ0v) is 12.7. The van der Waals surface area contributed by atoms with Crippen molar-refractivity contribution in [1.82, 2.24) is 10.2 Å². The predicted molar refractivity (Wildman–Crippen MR) is 81.5 cm³/mol. The van der Waals surface area contributed by atoms with Crippen molar-refractivity contribution in [1.29, 1.82) is 0 Å². The van der Waals surface area contributed by atoms with Gasteiger partial charge in [-0.25, -0.2) is 4.79 Å². The number of urea groups is 1. The van der Waals surface area contributed by atoms with E-state index in [4.69, 9.17) is 9.15 Å². The van der Waals surface area contributed by atoms with Gasteiger partial charge in [0.05, 0.1) is 19.4 Å². The molecule has 7 nitrogen and oxygen atoms in total. The number of carbonyl (C=O) groups excluding carboxylic acids is 3. The smallest absolute Gasteiger partial charge is 0.325 e. The minimum absolute atomic E-state index is 0.115. The summed E-state index contributed by atoms with van der Waals surface area (Å²) in [6.07, 6.45) is 1.69. The molecule has 1 spiro atoms. The van der Waals surface area contributed by atoms with Gasteiger partial charge in [-0.3, -0.25) is 14.5 Å². The number of rotatable bonds is 3. The molecule has 0 radical (unpaired) electrons. The first-order valence-corrected chi connectivity index (χ1v) is 7.55. The molecule has 122 valence electrons. The Hall–Kier alpha value is -3.09. The Labute approximate surface area is 137 Å². The summed E-state index contributed by atoms with van der Waals surface area (Å²) in [7, 11) is 0. The average Bonchev–Trinajstić information content (AvgIpc) is 3.20. The second kappa shape index (κ2) is 5.23. The van der Waals surface area contributed by atoms with Crippen molar-refractivity contribution in [2.24, 2.45) is 0 Å². The van der Waals surface area contributed by atoms with Gasteiger partial charge in [0.15, 0.2) is 11.3 Å². The van der Waals surface area contributed by atoms with Crippen LogP contribution in [0.5, 0.6) is 5.75 Å². The zero-order valence-electron chi connectivity index (χ0n) is 12.7. The van der Waals surface area contributed by atoms with Gasteiger partial charge in [-0.1, -0.05) is 18.2 Å². The first-order valence-electron chi connectivity index (χ1n) is 7.55. The first-order chi connectivity index (χ1) is 11.6. The molecule has 7 heteroatoms. The third-order valence-electron chi connectivity index (χ3n) is 4.35. The molecule has 4 rings (SSSR count). The third kappa shape index (κ3) is 2.01. The molecule has 1 N–H and O–H groups in total. The van der Waals surface area contributed by atoms with Gasteiger partial charge < -0.3 is 14.5 Å². The molecule has 3 amide bonds. The topological polar surface area (TPSA) is 88.9 Å². The van der Waals surface area contributed by atoms with Gasteiger partial charge in [-0.2, -0.15) is 0 Å². The lowest BCUT2D eigenvalue weighted by Crippen LogP contribution is -2.47. The van der Waals surface area contributed by atoms with Crippen molar-refractivity contribution in [3.8, 4) is 5.75 Å². The highest BCUT2D eigenvalue weighted by Gasteiger charge is 2.55. The molecule has 1 aromatic carbocycles. The molecule has 1 saturated heterocycles. The van der Waals surface area contributed by atoms with Crippen LogP contribution < -0.4 is 10.1 Å². The number of benzene rings is 1. The van der Waals surface area contributed by atoms with Gasteiger partial charge in [0.25, 0.3) is 5.91 Å². The Kier molecular flexibility index (Phi) is 3.16. The third-order valence-corrected chi connectivity index (χ3v) is 4.35. The van der Waals surface area contributed by atoms with Gasteiger partial charge in [0.2, 0.25) is 5.78 Å². The van der Waals surface area contributed by atoms with E-state index in [9.17, 15) is 14.4 Å². The minimum atomic E-state index is -1.17. The second-order valence-corrected chi connectivity index (χ2v) is 5.72. The maximum atomic E-state index is 13.0. The van der Waals surface area contributed by atoms with Gasteiger partial charge in [-0.05, 0) is 18.2 Å². The van der Waals surface area contributed by atoms with Crippen molar-refractivity contribution in [2.45, 2.75) is 12.0 Å². The molecule has 2 aromatic rings. The number of hydrogen-bond acceptors (Lipinski definition) is 5. The molecule has 0 saturated carbocycles. The monoisotopic (exact) mass is 326 g/mol. The molecule has 1 aromatic heterocycles. The number of nitrogens with one attached hydrogen (secondary N) is 1. The fraction of sp³-hybridized carbons (Fsp3) is 0.235. The van der Waals surface area contributed by atoms with E-state index in [1.54, 1.807) is 30.3 Å². The Morgan fingerprint density at radius 1 is 1.21 bits per heavy atom. The molecule has 0 aliphatic carbocycles. The lowest BCUT2D eigenvalue weighted by atomic mass is 9.84. The van der Waals surface area contributed by atoms with Crippen LogP contribution in [0.25, 0.3) is 0 Å². The lowest BCUT2D eigenvalue weighted by molar-refractivity contribution is -0.132. The number of para-hydroxylation sites is 1. The second-order valence-electron chi connectivity index (χ2n) is 5.72. The molecule has 1 fully saturated rings. The van der Waals surface area contributed by atoms with Crippen LogP contribution in [0.2, 0.25) is 0 Å². The Morgan fingerprint density at radius 3 is 2.83 bits per heavy atom. The van der Waals surface area contributed by atoms with E-state index in [-0.39, 0.29) is 12.3 Å². The number of hydrogen-bond donors (Lipinski definition) is 1. The van der Waals surface area contributed by atoms with E-state index in [1.165, 1.54) is 12.3 Å². The highest BCUT2D eigenvalue weighted by molar-refractivity contribution is 6.11. The average molecular weight is 326 g/mol. The van der Waals surface area contributed by atoms with Gasteiger partial charge in [0.1, 0.15) is 5.75 Å². The van der Waals surface area contributed by atoms with Crippen LogP contribution in [0.1, 0.15) is 22.5 Å². The first kappa shape index (κ1) is 14.5. The lowest BCUT2D eigenvalue weighted by Gasteiger charge is -2.33. The predicted octanol–water partition coefficient (Wildman–Crippen LogP) is 1.69. The van der Waals surface area contributed by atoms with E-state index < -0.39 is 23.3 Å². The maximum Gasteiger partial charge on any atom is 0.325 e. The van der Waals surface area contributed by atoms with E-state index in [0.717, 1.165) is 4.90 Å². The van der Waals surface area contributed by atoms with Crippen LogP contribution in [0, 0.1) is 0 Å². The summed E-state index contributed by atoms with van der Waals surface area (Å²) in [5.74, 6) is -0.190. The molecule has 3 heterocycles. The molecule has 24 heavy (non-hydrogen) atoms. The number of imide groups is 1. The highest BCUT2D eigenvalue weighted by atomic mass is 16.5. The Bertz CT molecular complexity index is 829. The molecule has 0 unspecified atom stereocenters. The Morgan fingerprint density at radius 2 is 2.04 bits per heavy atom. The molecule has 1 atom stereocenters. The Balaban J connectivity index is 1.66. The summed E-state index contributed by atoms with van der Waals surface area (Å²) in [5.41, 5.74) is -0.558. The number of ether oxygens (including phenoxy) is 1. The van der Waals surface area contributed by atoms with Crippen LogP contribution in [0.4, 0.5) is 4.79 Å². The molecular formula is C17H14N2O5. The van der Waals surface area contributed by atoms with Gasteiger partial charge in [0, 0.05) is 12.0 Å². The van der Waals surface area contributed by atoms with Crippen LogP contribution in [-0.4, -0.2) is 35.8 Å². The summed E-state index contributed by atoms with van der Waals surface area (Å²) in [4.78, 5) is 38.4. The standard InChI is InChI=1S/C17H14N2O5/c20-12(14-6-3-8-23-14)10-19-15(21)17(18-16(19)22)7-9-24-13-5-2-1-4-11(13)17/h1-6,8H,7,9-10H2,(H,18,22)/t17-/m0/s1. The molecule has 2 aliphatic rings. The van der Waals surface area contributed by atoms with Crippen LogP contribution in [-0.2, 0) is 10.3 Å². The van der Waals surface area contributed by atoms with E-state index in [1.807, 2.05) is 0 Å². The molecule has 2 aliphatic heterocycles. The van der Waals surface area contributed by atoms with E-state index in [2.05, 4.69) is 5.32 Å². The van der Waals surface area contributed by atoms with Crippen molar-refractivity contribution in [3.05, 3.63) is 54.0 Å². The number of nitrogens with zero attached hydrogens (tertiary/aromatic N) is 1. The van der Waals surface area contributed by atoms with Crippen molar-refractivity contribution in [3.63, 3.8) is 0 Å². The van der Waals surface area contributed by atoms with Gasteiger partial charge >= 0.3 is 6.03 Å². The largest absolute Gasteiger partial charge is 0.493 e. The number of Topliss-reactive ketones (excluding diaryl/α,β-unsaturated/α-hetero) is 1. The summed E-state index contributed by atoms with van der Waals surface area (Å²) >= 11 is 0. The van der Waals surface area contributed by atoms with Crippen LogP contribution in [0.15, 0.2) is 47.1 Å². The van der Waals surface area contributed by atoms with Crippen LogP contribution >= 0.6 is 0 Å². The number of furan rings is 1. The maximum absolute atomic E-state index is 13.0. The summed E-state index contributed by atoms with van der Waals surface area (Å²) in [6.45, 7) is -0.0496. The number of ketones is 1. The van der Waals surface area contributed by atoms with Crippen molar-refractivity contribution < 1.29 is 23.5 Å². The number of fused-ring (bicyclic) bond motifs is 2. The number of amides is 3. The summed E-state index contributed by atoms with van der Waals surface area (Å²) in [6, 6.07) is 9.59. The van der Waals surface area contributed by atoms with Crippen molar-refractivity contribution in [2.75, 3.05) is 13.2 Å². The van der Waals surface area contributed by atoms with Crippen molar-refractivity contribution >= 4 is 17.7 Å². The van der Waals surface area contributed by atoms with Gasteiger partial charge in [-0.15, -0.1) is 0 Å². The fourth-order valence-electron chi connectivity index (χ4n) is 3.17. The SMILES string of the molecule is O=C(CN1C(=O)N[C@]2(CCOc3ccccc32)C1=O)c1ccco1. The molecular weight excluding hydrogens is 312 g/mol. The van der Waals surface area contributed by atoms with Crippen LogP contribution in [0.3, 0.4) is 0 Å². The fourth-order valence-corrected chi connectivity index (χ4v) is 3.17. The summed E-state index contributed by atoms with van der Waals surface area (Å²) < 4.78 is 10.6. The number of carbonyl (C=O) groups is 3. The van der Waals surface area contributed by atoms with E-state index >= 15 is 0 Å².